The highest BCUT2D eigenvalue weighted by molar-refractivity contribution is 5.37. The fourth-order valence-electron chi connectivity index (χ4n) is 2.31. The molecule has 2 fully saturated rings. The molecule has 1 atom stereocenters. The lowest BCUT2D eigenvalue weighted by Crippen LogP contribution is -2.28. The first-order valence-electron chi connectivity index (χ1n) is 5.27. The van der Waals surface area contributed by atoms with E-state index >= 15 is 0 Å². The second kappa shape index (κ2) is 4.45. The lowest BCUT2D eigenvalue weighted by atomic mass is 9.80. The Balaban J connectivity index is 1.83. The molecule has 1 nitrogen and oxygen atoms in total. The van der Waals surface area contributed by atoms with Crippen molar-refractivity contribution in [1.29, 1.82) is 0 Å². The third-order valence-corrected chi connectivity index (χ3v) is 3.13. The third-order valence-electron chi connectivity index (χ3n) is 3.13. The number of hydrogen-bond acceptors (Lipinski definition) is 1. The minimum absolute atomic E-state index is 0.213. The topological polar surface area (TPSA) is 20.2 Å². The van der Waals surface area contributed by atoms with Crippen molar-refractivity contribution < 1.29 is 5.11 Å². The van der Waals surface area contributed by atoms with Crippen LogP contribution in [0.1, 0.15) is 32.1 Å². The molecule has 0 amide bonds. The largest absolute Gasteiger partial charge is 0.392 e. The molecule has 0 bridgehead atoms. The molecule has 13 heavy (non-hydrogen) atoms. The van der Waals surface area contributed by atoms with Crippen molar-refractivity contribution in [2.24, 2.45) is 5.92 Å². The van der Waals surface area contributed by atoms with Gasteiger partial charge in [-0.25, -0.2) is 0 Å². The SMILES string of the molecule is OC([C]1[CH][CH][CH][CH]1)C1CCCCC1. The van der Waals surface area contributed by atoms with Crippen LogP contribution in [0.15, 0.2) is 0 Å². The van der Waals surface area contributed by atoms with Crippen molar-refractivity contribution in [3.05, 3.63) is 31.6 Å². The Morgan fingerprint density at radius 3 is 2.31 bits per heavy atom. The van der Waals surface area contributed by atoms with Crippen LogP contribution in [0.5, 0.6) is 0 Å². The van der Waals surface area contributed by atoms with Gasteiger partial charge in [0.15, 0.2) is 0 Å². The van der Waals surface area contributed by atoms with E-state index in [2.05, 4.69) is 0 Å². The summed E-state index contributed by atoms with van der Waals surface area (Å²) in [5.74, 6) is 1.61. The molecule has 71 valence electrons. The van der Waals surface area contributed by atoms with Crippen LogP contribution in [-0.2, 0) is 0 Å². The first-order valence-corrected chi connectivity index (χ1v) is 5.27. The minimum Gasteiger partial charge on any atom is -0.392 e. The Morgan fingerprint density at radius 1 is 1.08 bits per heavy atom. The van der Waals surface area contributed by atoms with Crippen molar-refractivity contribution in [2.45, 2.75) is 38.2 Å². The summed E-state index contributed by atoms with van der Waals surface area (Å²) in [6.45, 7) is 0. The van der Waals surface area contributed by atoms with E-state index in [4.69, 9.17) is 0 Å². The lowest BCUT2D eigenvalue weighted by Gasteiger charge is -2.29. The molecule has 2 rings (SSSR count). The van der Waals surface area contributed by atoms with E-state index in [1.807, 2.05) is 25.7 Å². The van der Waals surface area contributed by atoms with Gasteiger partial charge in [0.05, 0.1) is 6.10 Å². The molecular formula is C12H17O. The number of hydrogen-bond donors (Lipinski definition) is 1. The summed E-state index contributed by atoms with van der Waals surface area (Å²) in [5, 5.41) is 10.0. The zero-order chi connectivity index (χ0) is 9.10. The second-order valence-corrected chi connectivity index (χ2v) is 4.06. The van der Waals surface area contributed by atoms with Crippen molar-refractivity contribution in [1.82, 2.24) is 0 Å². The number of aliphatic hydroxyl groups is 1. The number of aliphatic hydroxyl groups excluding tert-OH is 1. The molecule has 2 saturated carbocycles. The van der Waals surface area contributed by atoms with Crippen LogP contribution in [0.3, 0.4) is 0 Å². The highest BCUT2D eigenvalue weighted by Gasteiger charge is 2.31. The van der Waals surface area contributed by atoms with Crippen molar-refractivity contribution in [2.75, 3.05) is 0 Å². The molecular weight excluding hydrogens is 160 g/mol. The van der Waals surface area contributed by atoms with E-state index in [0.717, 1.165) is 5.92 Å². The van der Waals surface area contributed by atoms with E-state index in [0.29, 0.717) is 5.92 Å². The van der Waals surface area contributed by atoms with Crippen molar-refractivity contribution in [3.8, 4) is 0 Å². The Kier molecular flexibility index (Phi) is 3.26. The monoisotopic (exact) mass is 177 g/mol. The average Bonchev–Trinajstić information content (AvgIpc) is 2.71. The van der Waals surface area contributed by atoms with E-state index in [1.54, 1.807) is 0 Å². The summed E-state index contributed by atoms with van der Waals surface area (Å²) in [6.07, 6.45) is 14.2. The minimum atomic E-state index is -0.213. The highest BCUT2D eigenvalue weighted by atomic mass is 16.3. The third kappa shape index (κ3) is 2.25. The summed E-state index contributed by atoms with van der Waals surface area (Å²) < 4.78 is 0. The molecule has 2 aliphatic rings. The van der Waals surface area contributed by atoms with Gasteiger partial charge in [-0.1, -0.05) is 19.3 Å². The summed E-state index contributed by atoms with van der Waals surface area (Å²) in [5.41, 5.74) is 0. The Hall–Kier alpha value is -0.0400. The first-order chi connectivity index (χ1) is 6.38. The molecule has 2 aliphatic carbocycles. The van der Waals surface area contributed by atoms with Gasteiger partial charge in [0, 0.05) is 5.92 Å². The van der Waals surface area contributed by atoms with Gasteiger partial charge in [-0.05, 0) is 44.4 Å². The Labute approximate surface area is 81.5 Å². The van der Waals surface area contributed by atoms with Gasteiger partial charge in [-0.3, -0.25) is 0 Å². The smallest absolute Gasteiger partial charge is 0.0636 e. The van der Waals surface area contributed by atoms with Crippen LogP contribution in [0.2, 0.25) is 0 Å². The summed E-state index contributed by atoms with van der Waals surface area (Å²) >= 11 is 0. The molecule has 1 unspecified atom stereocenters. The second-order valence-electron chi connectivity index (χ2n) is 4.06. The molecule has 1 heteroatoms. The predicted molar refractivity (Wildman–Crippen MR) is 53.0 cm³/mol. The molecule has 0 aromatic carbocycles. The lowest BCUT2D eigenvalue weighted by molar-refractivity contribution is 0.103. The van der Waals surface area contributed by atoms with E-state index in [9.17, 15) is 5.11 Å². The highest BCUT2D eigenvalue weighted by Crippen LogP contribution is 2.35. The van der Waals surface area contributed by atoms with E-state index < -0.39 is 0 Å². The van der Waals surface area contributed by atoms with Crippen molar-refractivity contribution >= 4 is 0 Å². The van der Waals surface area contributed by atoms with Gasteiger partial charge in [0.2, 0.25) is 0 Å². The van der Waals surface area contributed by atoms with Crippen LogP contribution in [0.25, 0.3) is 0 Å². The first kappa shape index (κ1) is 9.51. The molecule has 1 N–H and O–H groups in total. The van der Waals surface area contributed by atoms with Gasteiger partial charge in [0.1, 0.15) is 0 Å². The van der Waals surface area contributed by atoms with E-state index in [-0.39, 0.29) is 6.10 Å². The molecule has 0 aliphatic heterocycles. The summed E-state index contributed by atoms with van der Waals surface area (Å²) in [7, 11) is 0. The molecule has 0 heterocycles. The fraction of sp³-hybridized carbons (Fsp3) is 0.583. The summed E-state index contributed by atoms with van der Waals surface area (Å²) in [4.78, 5) is 0. The van der Waals surface area contributed by atoms with Gasteiger partial charge >= 0.3 is 0 Å². The molecule has 0 aromatic rings. The molecule has 0 saturated heterocycles. The number of rotatable bonds is 2. The molecule has 0 aromatic heterocycles. The van der Waals surface area contributed by atoms with Crippen LogP contribution >= 0.6 is 0 Å². The van der Waals surface area contributed by atoms with Crippen LogP contribution in [0, 0.1) is 37.5 Å². The quantitative estimate of drug-likeness (QED) is 0.686. The van der Waals surface area contributed by atoms with Gasteiger partial charge < -0.3 is 5.11 Å². The Morgan fingerprint density at radius 2 is 1.69 bits per heavy atom. The molecule has 5 radical (unpaired) electrons. The zero-order valence-corrected chi connectivity index (χ0v) is 7.95. The summed E-state index contributed by atoms with van der Waals surface area (Å²) in [6, 6.07) is 0. The standard InChI is InChI=1S/C12H17O/c13-12(11-8-4-5-9-11)10-6-2-1-3-7-10/h4-5,8-10,12-13H,1-3,6-7H2. The Bertz CT molecular complexity index is 143. The maximum absolute atomic E-state index is 10.0. The van der Waals surface area contributed by atoms with Gasteiger partial charge in [0.25, 0.3) is 0 Å². The average molecular weight is 177 g/mol. The maximum Gasteiger partial charge on any atom is 0.0636 e. The fourth-order valence-corrected chi connectivity index (χ4v) is 2.31. The zero-order valence-electron chi connectivity index (χ0n) is 7.95. The van der Waals surface area contributed by atoms with Crippen LogP contribution in [0.4, 0.5) is 0 Å². The normalized spacial score (nSPS) is 29.3. The predicted octanol–water partition coefficient (Wildman–Crippen LogP) is 2.33. The van der Waals surface area contributed by atoms with Crippen LogP contribution in [-0.4, -0.2) is 11.2 Å². The van der Waals surface area contributed by atoms with Crippen molar-refractivity contribution in [3.63, 3.8) is 0 Å². The van der Waals surface area contributed by atoms with Gasteiger partial charge in [-0.2, -0.15) is 0 Å². The van der Waals surface area contributed by atoms with Gasteiger partial charge in [-0.15, -0.1) is 0 Å². The van der Waals surface area contributed by atoms with Crippen LogP contribution < -0.4 is 0 Å². The van der Waals surface area contributed by atoms with E-state index in [1.165, 1.54) is 32.1 Å². The maximum atomic E-state index is 10.0. The molecule has 0 spiro atoms.